The summed E-state index contributed by atoms with van der Waals surface area (Å²) in [6.07, 6.45) is 2.92. The average Bonchev–Trinajstić information content (AvgIpc) is 2.52. The van der Waals surface area contributed by atoms with Crippen molar-refractivity contribution in [1.29, 1.82) is 0 Å². The number of nitrogens with zero attached hydrogens (tertiary/aromatic N) is 1. The van der Waals surface area contributed by atoms with Gasteiger partial charge in [-0.15, -0.1) is 0 Å². The van der Waals surface area contributed by atoms with Crippen molar-refractivity contribution in [2.24, 2.45) is 0 Å². The Morgan fingerprint density at radius 2 is 2.09 bits per heavy atom. The number of carbonyl (C=O) groups is 2. The molecular formula is C15H13BrN2O4. The van der Waals surface area contributed by atoms with E-state index in [0.29, 0.717) is 15.9 Å². The fourth-order valence-corrected chi connectivity index (χ4v) is 2.00. The van der Waals surface area contributed by atoms with E-state index in [9.17, 15) is 9.59 Å². The summed E-state index contributed by atoms with van der Waals surface area (Å²) in [4.78, 5) is 27.4. The van der Waals surface area contributed by atoms with Crippen molar-refractivity contribution in [3.63, 3.8) is 0 Å². The molecule has 0 atom stereocenters. The lowest BCUT2D eigenvalue weighted by molar-refractivity contribution is -0.119. The first-order valence-electron chi connectivity index (χ1n) is 6.30. The molecule has 1 aromatic heterocycles. The number of pyridine rings is 1. The number of hydrogen-bond acceptors (Lipinski definition) is 5. The number of anilines is 1. The zero-order valence-corrected chi connectivity index (χ0v) is 13.3. The Balaban J connectivity index is 1.88. The third kappa shape index (κ3) is 4.56. The number of carbonyl (C=O) groups excluding carboxylic acids is 2. The van der Waals surface area contributed by atoms with Crippen LogP contribution in [0.5, 0.6) is 5.75 Å². The van der Waals surface area contributed by atoms with Crippen LogP contribution in [0.4, 0.5) is 5.69 Å². The Morgan fingerprint density at radius 1 is 1.27 bits per heavy atom. The number of aromatic nitrogens is 1. The highest BCUT2D eigenvalue weighted by Crippen LogP contribution is 2.16. The summed E-state index contributed by atoms with van der Waals surface area (Å²) in [7, 11) is 1.54. The minimum atomic E-state index is -0.616. The maximum Gasteiger partial charge on any atom is 0.340 e. The van der Waals surface area contributed by atoms with Gasteiger partial charge in [-0.2, -0.15) is 0 Å². The molecule has 1 amide bonds. The molecule has 0 aliphatic rings. The first-order valence-corrected chi connectivity index (χ1v) is 7.09. The topological polar surface area (TPSA) is 77.5 Å². The minimum absolute atomic E-state index is 0.267. The van der Waals surface area contributed by atoms with Crippen LogP contribution in [0, 0.1) is 0 Å². The summed E-state index contributed by atoms with van der Waals surface area (Å²) in [6.45, 7) is -0.386. The number of halogens is 1. The van der Waals surface area contributed by atoms with Gasteiger partial charge in [0.1, 0.15) is 5.75 Å². The quantitative estimate of drug-likeness (QED) is 0.825. The van der Waals surface area contributed by atoms with Gasteiger partial charge in [-0.05, 0) is 34.1 Å². The molecular weight excluding hydrogens is 352 g/mol. The molecule has 2 rings (SSSR count). The molecule has 0 aliphatic carbocycles. The predicted molar refractivity (Wildman–Crippen MR) is 83.8 cm³/mol. The molecule has 0 radical (unpaired) electrons. The Bertz CT molecular complexity index is 691. The van der Waals surface area contributed by atoms with Crippen molar-refractivity contribution >= 4 is 33.5 Å². The second-order valence-corrected chi connectivity index (χ2v) is 5.16. The van der Waals surface area contributed by atoms with Gasteiger partial charge in [0.05, 0.1) is 12.7 Å². The van der Waals surface area contributed by atoms with E-state index < -0.39 is 11.9 Å². The van der Waals surface area contributed by atoms with Crippen molar-refractivity contribution in [2.75, 3.05) is 19.0 Å². The van der Waals surface area contributed by atoms with Crippen molar-refractivity contribution in [3.8, 4) is 5.75 Å². The number of hydrogen-bond donors (Lipinski definition) is 1. The molecule has 1 N–H and O–H groups in total. The van der Waals surface area contributed by atoms with Gasteiger partial charge >= 0.3 is 5.97 Å². The fraction of sp³-hybridized carbons (Fsp3) is 0.133. The third-order valence-corrected chi connectivity index (χ3v) is 3.06. The highest BCUT2D eigenvalue weighted by atomic mass is 79.9. The van der Waals surface area contributed by atoms with Gasteiger partial charge in [0.2, 0.25) is 0 Å². The number of ether oxygens (including phenoxy) is 2. The van der Waals surface area contributed by atoms with Crippen LogP contribution in [-0.4, -0.2) is 30.6 Å². The van der Waals surface area contributed by atoms with Crippen LogP contribution in [0.3, 0.4) is 0 Å². The lowest BCUT2D eigenvalue weighted by Gasteiger charge is -2.08. The normalized spacial score (nSPS) is 9.91. The van der Waals surface area contributed by atoms with Gasteiger partial charge in [-0.25, -0.2) is 4.79 Å². The monoisotopic (exact) mass is 364 g/mol. The van der Waals surface area contributed by atoms with Crippen LogP contribution < -0.4 is 10.1 Å². The van der Waals surface area contributed by atoms with Crippen LogP contribution in [-0.2, 0) is 9.53 Å². The fourth-order valence-electron chi connectivity index (χ4n) is 1.64. The first-order chi connectivity index (χ1) is 10.6. The van der Waals surface area contributed by atoms with Gasteiger partial charge in [-0.1, -0.05) is 6.07 Å². The number of rotatable bonds is 5. The summed E-state index contributed by atoms with van der Waals surface area (Å²) < 4.78 is 10.6. The number of methoxy groups -OCH3 is 1. The van der Waals surface area contributed by atoms with Gasteiger partial charge in [-0.3, -0.25) is 9.78 Å². The van der Waals surface area contributed by atoms with E-state index in [1.165, 1.54) is 13.3 Å². The lowest BCUT2D eigenvalue weighted by Crippen LogP contribution is -2.21. The molecule has 6 nitrogen and oxygen atoms in total. The van der Waals surface area contributed by atoms with E-state index in [1.54, 1.807) is 36.5 Å². The molecule has 0 saturated carbocycles. The van der Waals surface area contributed by atoms with Crippen molar-refractivity contribution < 1.29 is 19.1 Å². The van der Waals surface area contributed by atoms with E-state index in [2.05, 4.69) is 26.2 Å². The van der Waals surface area contributed by atoms with E-state index in [4.69, 9.17) is 9.47 Å². The Labute approximate surface area is 135 Å². The average molecular weight is 365 g/mol. The number of benzene rings is 1. The first kappa shape index (κ1) is 16.0. The van der Waals surface area contributed by atoms with Crippen molar-refractivity contribution in [3.05, 3.63) is 52.8 Å². The van der Waals surface area contributed by atoms with Crippen LogP contribution in [0.2, 0.25) is 0 Å². The van der Waals surface area contributed by atoms with Gasteiger partial charge in [0.15, 0.2) is 6.61 Å². The summed E-state index contributed by atoms with van der Waals surface area (Å²) in [5.41, 5.74) is 0.827. The third-order valence-electron chi connectivity index (χ3n) is 2.63. The Hall–Kier alpha value is -2.41. The zero-order chi connectivity index (χ0) is 15.9. The second kappa shape index (κ2) is 7.56. The van der Waals surface area contributed by atoms with E-state index >= 15 is 0 Å². The highest BCUT2D eigenvalue weighted by Gasteiger charge is 2.11. The molecule has 1 heterocycles. The Kier molecular flexibility index (Phi) is 5.48. The van der Waals surface area contributed by atoms with Gasteiger partial charge < -0.3 is 14.8 Å². The molecule has 0 unspecified atom stereocenters. The SMILES string of the molecule is COc1cccc(NC(=O)COC(=O)c2cncc(Br)c2)c1. The molecule has 7 heteroatoms. The van der Waals surface area contributed by atoms with Crippen LogP contribution >= 0.6 is 15.9 Å². The smallest absolute Gasteiger partial charge is 0.340 e. The minimum Gasteiger partial charge on any atom is -0.497 e. The maximum absolute atomic E-state index is 11.8. The van der Waals surface area contributed by atoms with Crippen molar-refractivity contribution in [2.45, 2.75) is 0 Å². The van der Waals surface area contributed by atoms with E-state index in [-0.39, 0.29) is 12.2 Å². The van der Waals surface area contributed by atoms with Crippen LogP contribution in [0.1, 0.15) is 10.4 Å². The Morgan fingerprint density at radius 3 is 2.82 bits per heavy atom. The van der Waals surface area contributed by atoms with Crippen LogP contribution in [0.25, 0.3) is 0 Å². The zero-order valence-electron chi connectivity index (χ0n) is 11.7. The molecule has 0 fully saturated rings. The molecule has 22 heavy (non-hydrogen) atoms. The molecule has 0 spiro atoms. The lowest BCUT2D eigenvalue weighted by atomic mass is 10.3. The molecule has 0 bridgehead atoms. The molecule has 2 aromatic rings. The van der Waals surface area contributed by atoms with Gasteiger partial charge in [0.25, 0.3) is 5.91 Å². The largest absolute Gasteiger partial charge is 0.497 e. The number of esters is 1. The van der Waals surface area contributed by atoms with Crippen molar-refractivity contribution in [1.82, 2.24) is 4.98 Å². The summed E-state index contributed by atoms with van der Waals surface area (Å²) in [5.74, 6) is -0.436. The van der Waals surface area contributed by atoms with E-state index in [0.717, 1.165) is 0 Å². The van der Waals surface area contributed by atoms with E-state index in [1.807, 2.05) is 0 Å². The summed E-state index contributed by atoms with van der Waals surface area (Å²) in [5, 5.41) is 2.61. The molecule has 0 saturated heterocycles. The summed E-state index contributed by atoms with van der Waals surface area (Å²) in [6, 6.07) is 8.44. The molecule has 1 aromatic carbocycles. The van der Waals surface area contributed by atoms with Gasteiger partial charge in [0, 0.05) is 28.6 Å². The predicted octanol–water partition coefficient (Wildman–Crippen LogP) is 2.65. The maximum atomic E-state index is 11.8. The highest BCUT2D eigenvalue weighted by molar-refractivity contribution is 9.10. The number of nitrogens with one attached hydrogen (secondary N) is 1. The molecule has 114 valence electrons. The molecule has 0 aliphatic heterocycles. The second-order valence-electron chi connectivity index (χ2n) is 4.25. The number of amides is 1. The van der Waals surface area contributed by atoms with Crippen LogP contribution in [0.15, 0.2) is 47.2 Å². The summed E-state index contributed by atoms with van der Waals surface area (Å²) >= 11 is 3.21. The standard InChI is InChI=1S/C15H13BrN2O4/c1-21-13-4-2-3-12(6-13)18-14(19)9-22-15(20)10-5-11(16)8-17-7-10/h2-8H,9H2,1H3,(H,18,19).